The van der Waals surface area contributed by atoms with Gasteiger partial charge in [0.15, 0.2) is 6.19 Å². The van der Waals surface area contributed by atoms with E-state index in [0.717, 1.165) is 5.56 Å². The standard InChI is InChI=1S/C21H21FN4O2/c1-21(12-26(13-21)14-23)25-20(28)18(11-15-5-3-2-4-6-15)24-19(27)16-7-9-17(22)10-8-16/h2-10,18H,11-13H2,1H3,(H,24,27)(H,25,28)/t18-/m0/s1. The molecule has 0 spiro atoms. The fourth-order valence-electron chi connectivity index (χ4n) is 3.23. The number of amides is 2. The van der Waals surface area contributed by atoms with Crippen molar-refractivity contribution in [1.82, 2.24) is 15.5 Å². The van der Waals surface area contributed by atoms with E-state index in [1.807, 2.05) is 43.4 Å². The summed E-state index contributed by atoms with van der Waals surface area (Å²) < 4.78 is 13.1. The number of halogens is 1. The molecule has 0 unspecified atom stereocenters. The molecule has 7 heteroatoms. The number of benzene rings is 2. The summed E-state index contributed by atoms with van der Waals surface area (Å²) in [5.41, 5.74) is 0.666. The zero-order chi connectivity index (χ0) is 20.1. The Hall–Kier alpha value is -3.40. The van der Waals surface area contributed by atoms with Crippen molar-refractivity contribution in [3.8, 4) is 6.19 Å². The van der Waals surface area contributed by atoms with Crippen LogP contribution in [0.15, 0.2) is 54.6 Å². The Labute approximate surface area is 163 Å². The highest BCUT2D eigenvalue weighted by Crippen LogP contribution is 2.19. The molecule has 0 aromatic heterocycles. The predicted octanol–water partition coefficient (Wildman–Crippen LogP) is 1.84. The Kier molecular flexibility index (Phi) is 5.59. The summed E-state index contributed by atoms with van der Waals surface area (Å²) in [5.74, 6) is -1.21. The van der Waals surface area contributed by atoms with Gasteiger partial charge in [-0.1, -0.05) is 30.3 Å². The molecule has 1 aliphatic rings. The van der Waals surface area contributed by atoms with E-state index in [4.69, 9.17) is 5.26 Å². The zero-order valence-electron chi connectivity index (χ0n) is 15.5. The molecule has 2 aromatic carbocycles. The van der Waals surface area contributed by atoms with Gasteiger partial charge in [-0.25, -0.2) is 4.39 Å². The maximum atomic E-state index is 13.1. The van der Waals surface area contributed by atoms with Crippen LogP contribution in [0.2, 0.25) is 0 Å². The molecule has 2 aromatic rings. The molecule has 0 saturated carbocycles. The van der Waals surface area contributed by atoms with Gasteiger partial charge in [0.2, 0.25) is 5.91 Å². The monoisotopic (exact) mass is 380 g/mol. The van der Waals surface area contributed by atoms with Crippen molar-refractivity contribution in [1.29, 1.82) is 5.26 Å². The first-order valence-electron chi connectivity index (χ1n) is 8.96. The van der Waals surface area contributed by atoms with Crippen molar-refractivity contribution in [3.05, 3.63) is 71.5 Å². The number of carbonyl (C=O) groups excluding carboxylic acids is 2. The molecule has 0 aliphatic carbocycles. The number of nitrogens with one attached hydrogen (secondary N) is 2. The average molecular weight is 380 g/mol. The first-order chi connectivity index (χ1) is 13.4. The molecule has 1 aliphatic heterocycles. The van der Waals surface area contributed by atoms with Crippen LogP contribution in [-0.4, -0.2) is 41.4 Å². The molecule has 0 radical (unpaired) electrons. The Morgan fingerprint density at radius 2 is 1.82 bits per heavy atom. The quantitative estimate of drug-likeness (QED) is 0.749. The summed E-state index contributed by atoms with van der Waals surface area (Å²) >= 11 is 0. The average Bonchev–Trinajstić information content (AvgIpc) is 2.66. The Balaban J connectivity index is 1.73. The number of carbonyl (C=O) groups is 2. The molecule has 3 rings (SSSR count). The largest absolute Gasteiger partial charge is 0.346 e. The van der Waals surface area contributed by atoms with Crippen LogP contribution < -0.4 is 10.6 Å². The summed E-state index contributed by atoms with van der Waals surface area (Å²) in [6.07, 6.45) is 2.36. The Bertz CT molecular complexity index is 887. The number of nitriles is 1. The highest BCUT2D eigenvalue weighted by Gasteiger charge is 2.41. The lowest BCUT2D eigenvalue weighted by molar-refractivity contribution is -0.126. The van der Waals surface area contributed by atoms with Gasteiger partial charge in [-0.3, -0.25) is 9.59 Å². The summed E-state index contributed by atoms with van der Waals surface area (Å²) in [7, 11) is 0. The highest BCUT2D eigenvalue weighted by atomic mass is 19.1. The number of hydrogen-bond donors (Lipinski definition) is 2. The molecule has 1 heterocycles. The molecule has 1 fully saturated rings. The zero-order valence-corrected chi connectivity index (χ0v) is 15.5. The van der Waals surface area contributed by atoms with E-state index in [1.165, 1.54) is 24.3 Å². The van der Waals surface area contributed by atoms with E-state index in [0.29, 0.717) is 19.5 Å². The van der Waals surface area contributed by atoms with Crippen molar-refractivity contribution in [2.75, 3.05) is 13.1 Å². The molecular formula is C21H21FN4O2. The molecule has 1 saturated heterocycles. The van der Waals surface area contributed by atoms with Crippen molar-refractivity contribution < 1.29 is 14.0 Å². The third-order valence-electron chi connectivity index (χ3n) is 4.66. The van der Waals surface area contributed by atoms with E-state index in [1.54, 1.807) is 4.90 Å². The van der Waals surface area contributed by atoms with Gasteiger partial charge in [0.05, 0.1) is 18.6 Å². The molecule has 6 nitrogen and oxygen atoms in total. The van der Waals surface area contributed by atoms with Gasteiger partial charge < -0.3 is 15.5 Å². The van der Waals surface area contributed by atoms with Gasteiger partial charge in [-0.05, 0) is 36.8 Å². The minimum absolute atomic E-state index is 0.276. The van der Waals surface area contributed by atoms with Gasteiger partial charge >= 0.3 is 0 Å². The summed E-state index contributed by atoms with van der Waals surface area (Å²) in [4.78, 5) is 27.0. The summed E-state index contributed by atoms with van der Waals surface area (Å²) in [6, 6.07) is 13.7. The number of likely N-dealkylation sites (tertiary alicyclic amines) is 1. The van der Waals surface area contributed by atoms with Gasteiger partial charge in [0.25, 0.3) is 5.91 Å². The van der Waals surface area contributed by atoms with E-state index in [2.05, 4.69) is 10.6 Å². The topological polar surface area (TPSA) is 85.2 Å². The highest BCUT2D eigenvalue weighted by molar-refractivity contribution is 5.97. The lowest BCUT2D eigenvalue weighted by atomic mass is 9.92. The van der Waals surface area contributed by atoms with Crippen LogP contribution in [0, 0.1) is 17.3 Å². The molecule has 0 bridgehead atoms. The first kappa shape index (κ1) is 19.4. The van der Waals surface area contributed by atoms with Crippen LogP contribution in [0.3, 0.4) is 0 Å². The third kappa shape index (κ3) is 4.65. The van der Waals surface area contributed by atoms with E-state index in [9.17, 15) is 14.0 Å². The Morgan fingerprint density at radius 1 is 1.18 bits per heavy atom. The maximum Gasteiger partial charge on any atom is 0.251 e. The Morgan fingerprint density at radius 3 is 2.43 bits per heavy atom. The molecule has 2 amide bonds. The second-order valence-corrected chi connectivity index (χ2v) is 7.23. The van der Waals surface area contributed by atoms with Gasteiger partial charge in [0, 0.05) is 12.0 Å². The maximum absolute atomic E-state index is 13.1. The van der Waals surface area contributed by atoms with Gasteiger partial charge in [-0.2, -0.15) is 5.26 Å². The SMILES string of the molecule is CC1(NC(=O)[C@H](Cc2ccccc2)NC(=O)c2ccc(F)cc2)CN(C#N)C1. The van der Waals surface area contributed by atoms with Crippen LogP contribution in [0.1, 0.15) is 22.8 Å². The van der Waals surface area contributed by atoms with Gasteiger partial charge in [0.1, 0.15) is 11.9 Å². The molecular weight excluding hydrogens is 359 g/mol. The van der Waals surface area contributed by atoms with E-state index < -0.39 is 23.3 Å². The van der Waals surface area contributed by atoms with Gasteiger partial charge in [-0.15, -0.1) is 0 Å². The second kappa shape index (κ2) is 8.09. The number of hydrogen-bond acceptors (Lipinski definition) is 4. The molecule has 28 heavy (non-hydrogen) atoms. The molecule has 1 atom stereocenters. The number of nitrogens with zero attached hydrogens (tertiary/aromatic N) is 2. The fourth-order valence-corrected chi connectivity index (χ4v) is 3.23. The fraction of sp³-hybridized carbons (Fsp3) is 0.286. The third-order valence-corrected chi connectivity index (χ3v) is 4.66. The summed E-state index contributed by atoms with van der Waals surface area (Å²) in [6.45, 7) is 2.72. The van der Waals surface area contributed by atoms with Crippen LogP contribution >= 0.6 is 0 Å². The van der Waals surface area contributed by atoms with Crippen molar-refractivity contribution >= 4 is 11.8 Å². The minimum atomic E-state index is -0.798. The van der Waals surface area contributed by atoms with Crippen molar-refractivity contribution in [2.24, 2.45) is 0 Å². The first-order valence-corrected chi connectivity index (χ1v) is 8.96. The lowest BCUT2D eigenvalue weighted by Gasteiger charge is -2.45. The van der Waals surface area contributed by atoms with E-state index >= 15 is 0 Å². The van der Waals surface area contributed by atoms with Crippen LogP contribution in [-0.2, 0) is 11.2 Å². The smallest absolute Gasteiger partial charge is 0.251 e. The predicted molar refractivity (Wildman–Crippen MR) is 102 cm³/mol. The second-order valence-electron chi connectivity index (χ2n) is 7.23. The lowest BCUT2D eigenvalue weighted by Crippen LogP contribution is -2.69. The number of rotatable bonds is 6. The van der Waals surface area contributed by atoms with Crippen molar-refractivity contribution in [3.63, 3.8) is 0 Å². The van der Waals surface area contributed by atoms with Crippen LogP contribution in [0.25, 0.3) is 0 Å². The van der Waals surface area contributed by atoms with Crippen LogP contribution in [0.4, 0.5) is 4.39 Å². The summed E-state index contributed by atoms with van der Waals surface area (Å²) in [5, 5.41) is 14.6. The molecule has 2 N–H and O–H groups in total. The van der Waals surface area contributed by atoms with E-state index in [-0.39, 0.29) is 11.5 Å². The molecule has 144 valence electrons. The normalized spacial score (nSPS) is 15.7. The minimum Gasteiger partial charge on any atom is -0.346 e. The van der Waals surface area contributed by atoms with Crippen LogP contribution in [0.5, 0.6) is 0 Å². The van der Waals surface area contributed by atoms with Crippen molar-refractivity contribution in [2.45, 2.75) is 24.9 Å².